The molecule has 2 aromatic carbocycles. The fourth-order valence-corrected chi connectivity index (χ4v) is 5.48. The van der Waals surface area contributed by atoms with Gasteiger partial charge in [-0.05, 0) is 34.7 Å². The lowest BCUT2D eigenvalue weighted by molar-refractivity contribution is -0.385. The summed E-state index contributed by atoms with van der Waals surface area (Å²) in [5, 5.41) is 19.2. The van der Waals surface area contributed by atoms with E-state index in [1.165, 1.54) is 45.5 Å². The summed E-state index contributed by atoms with van der Waals surface area (Å²) < 4.78 is 19.0. The second kappa shape index (κ2) is 12.5. The van der Waals surface area contributed by atoms with E-state index in [0.29, 0.717) is 48.0 Å². The third kappa shape index (κ3) is 6.41. The number of nitro benzene ring substituents is 1. The van der Waals surface area contributed by atoms with Gasteiger partial charge in [-0.15, -0.1) is 11.3 Å². The fourth-order valence-electron chi connectivity index (χ4n) is 4.79. The first kappa shape index (κ1) is 27.6. The molecule has 0 aliphatic carbocycles. The number of nitro groups is 1. The highest BCUT2D eigenvalue weighted by Gasteiger charge is 2.35. The van der Waals surface area contributed by atoms with Gasteiger partial charge in [0.1, 0.15) is 12.4 Å². The van der Waals surface area contributed by atoms with Crippen molar-refractivity contribution in [3.63, 3.8) is 0 Å². The molecule has 0 N–H and O–H groups in total. The van der Waals surface area contributed by atoms with Gasteiger partial charge in [0.25, 0.3) is 17.5 Å². The third-order valence-corrected chi connectivity index (χ3v) is 7.80. The Bertz CT molecular complexity index is 1390. The van der Waals surface area contributed by atoms with Crippen LogP contribution in [0.3, 0.4) is 0 Å². The highest BCUT2D eigenvalue weighted by molar-refractivity contribution is 7.12. The molecule has 208 valence electrons. The number of hydrogen-bond donors (Lipinski definition) is 0. The third-order valence-electron chi connectivity index (χ3n) is 6.94. The molecule has 0 saturated carbocycles. The fraction of sp³-hybridized carbons (Fsp3) is 0.321. The van der Waals surface area contributed by atoms with Crippen LogP contribution in [0.4, 0.5) is 10.1 Å². The van der Waals surface area contributed by atoms with E-state index in [1.807, 2.05) is 5.38 Å². The summed E-state index contributed by atoms with van der Waals surface area (Å²) in [6.07, 6.45) is 0.283. The Morgan fingerprint density at radius 1 is 1.12 bits per heavy atom. The van der Waals surface area contributed by atoms with Gasteiger partial charge in [-0.3, -0.25) is 24.6 Å². The molecular formula is C28H28FN5O5S. The van der Waals surface area contributed by atoms with E-state index in [0.717, 1.165) is 13.1 Å². The summed E-state index contributed by atoms with van der Waals surface area (Å²) in [7, 11) is 0. The molecule has 12 heteroatoms. The molecule has 10 nitrogen and oxygen atoms in total. The maximum absolute atomic E-state index is 13.8. The van der Waals surface area contributed by atoms with Crippen molar-refractivity contribution >= 4 is 34.6 Å². The molecule has 0 bridgehead atoms. The largest absolute Gasteiger partial charge is 0.379 e. The molecule has 1 fully saturated rings. The van der Waals surface area contributed by atoms with Gasteiger partial charge < -0.3 is 9.64 Å². The highest BCUT2D eigenvalue weighted by Crippen LogP contribution is 2.34. The Morgan fingerprint density at radius 3 is 2.60 bits per heavy atom. The number of nitrogens with zero attached hydrogens (tertiary/aromatic N) is 5. The topological polar surface area (TPSA) is 109 Å². The summed E-state index contributed by atoms with van der Waals surface area (Å²) >= 11 is 1.31. The smallest absolute Gasteiger partial charge is 0.269 e. The number of hydrazone groups is 1. The quantitative estimate of drug-likeness (QED) is 0.287. The van der Waals surface area contributed by atoms with Crippen molar-refractivity contribution < 1.29 is 23.6 Å². The molecule has 1 atom stereocenters. The number of morpholine rings is 1. The lowest BCUT2D eigenvalue weighted by atomic mass is 9.98. The van der Waals surface area contributed by atoms with Crippen molar-refractivity contribution in [3.8, 4) is 0 Å². The molecule has 3 aromatic rings. The summed E-state index contributed by atoms with van der Waals surface area (Å²) in [5.41, 5.74) is 1.65. The number of carbonyl (C=O) groups is 2. The van der Waals surface area contributed by atoms with Gasteiger partial charge >= 0.3 is 0 Å². The number of rotatable bonds is 9. The molecule has 2 aliphatic heterocycles. The normalized spacial score (nSPS) is 17.5. The molecule has 1 aromatic heterocycles. The van der Waals surface area contributed by atoms with Crippen LogP contribution in [0.2, 0.25) is 0 Å². The van der Waals surface area contributed by atoms with Crippen molar-refractivity contribution in [2.75, 3.05) is 45.9 Å². The number of ether oxygens (including phenoxy) is 1. The van der Waals surface area contributed by atoms with Crippen LogP contribution in [-0.4, -0.2) is 83.2 Å². The molecule has 2 aliphatic rings. The predicted molar refractivity (Wildman–Crippen MR) is 148 cm³/mol. The zero-order valence-electron chi connectivity index (χ0n) is 21.6. The number of thiophene rings is 1. The Kier molecular flexibility index (Phi) is 8.58. The number of halogens is 1. The highest BCUT2D eigenvalue weighted by atomic mass is 32.1. The van der Waals surface area contributed by atoms with E-state index in [2.05, 4.69) is 10.0 Å². The van der Waals surface area contributed by atoms with E-state index in [1.54, 1.807) is 36.4 Å². The SMILES string of the molecule is O=C(c1cccs1)N(CCN1CCOCC1)CC(=O)N1N=C(c2ccc(F)cc2)C[C@H]1c1cccc([N+](=O)[O-])c1. The van der Waals surface area contributed by atoms with Crippen molar-refractivity contribution in [1.82, 2.24) is 14.8 Å². The molecule has 40 heavy (non-hydrogen) atoms. The van der Waals surface area contributed by atoms with Crippen LogP contribution in [0.1, 0.15) is 33.3 Å². The summed E-state index contributed by atoms with van der Waals surface area (Å²) in [5.74, 6) is -1.06. The average molecular weight is 566 g/mol. The number of non-ortho nitro benzene ring substituents is 1. The molecule has 0 unspecified atom stereocenters. The maximum atomic E-state index is 13.8. The minimum absolute atomic E-state index is 0.0971. The standard InChI is InChI=1S/C28H28FN5O5S/c29-22-8-6-20(7-9-22)24-18-25(21-3-1-4-23(17-21)34(37)38)33(30-24)27(35)19-32(28(36)26-5-2-16-40-26)11-10-31-12-14-39-15-13-31/h1-9,16-17,25H,10-15,18-19H2/t25-/m0/s1. The minimum atomic E-state index is -0.620. The van der Waals surface area contributed by atoms with Gasteiger partial charge in [-0.25, -0.2) is 9.40 Å². The van der Waals surface area contributed by atoms with E-state index in [4.69, 9.17) is 4.74 Å². The Labute approximate surface area is 234 Å². The molecule has 0 radical (unpaired) electrons. The first-order valence-electron chi connectivity index (χ1n) is 12.9. The van der Waals surface area contributed by atoms with Gasteiger partial charge in [0.2, 0.25) is 0 Å². The van der Waals surface area contributed by atoms with Crippen LogP contribution < -0.4 is 0 Å². The lowest BCUT2D eigenvalue weighted by Crippen LogP contribution is -2.46. The first-order chi connectivity index (χ1) is 19.4. The maximum Gasteiger partial charge on any atom is 0.269 e. The van der Waals surface area contributed by atoms with Gasteiger partial charge in [0.15, 0.2) is 0 Å². The van der Waals surface area contributed by atoms with E-state index < -0.39 is 22.7 Å². The second-order valence-corrected chi connectivity index (χ2v) is 10.5. The van der Waals surface area contributed by atoms with Crippen LogP contribution in [0.25, 0.3) is 0 Å². The van der Waals surface area contributed by atoms with Crippen molar-refractivity contribution in [2.45, 2.75) is 12.5 Å². The van der Waals surface area contributed by atoms with Crippen molar-refractivity contribution in [3.05, 3.63) is 98.0 Å². The summed E-state index contributed by atoms with van der Waals surface area (Å²) in [6, 6.07) is 14.8. The number of amides is 2. The first-order valence-corrected chi connectivity index (χ1v) is 13.8. The zero-order valence-corrected chi connectivity index (χ0v) is 22.5. The average Bonchev–Trinajstić information content (AvgIpc) is 3.67. The van der Waals surface area contributed by atoms with Gasteiger partial charge in [0, 0.05) is 44.7 Å². The Hall–Kier alpha value is -4.00. The molecule has 2 amide bonds. The van der Waals surface area contributed by atoms with Crippen molar-refractivity contribution in [1.29, 1.82) is 0 Å². The Balaban J connectivity index is 1.42. The van der Waals surface area contributed by atoms with Crippen LogP contribution in [-0.2, 0) is 9.53 Å². The Morgan fingerprint density at radius 2 is 1.90 bits per heavy atom. The number of carbonyl (C=O) groups excluding carboxylic acids is 2. The number of hydrogen-bond acceptors (Lipinski definition) is 8. The van der Waals surface area contributed by atoms with E-state index >= 15 is 0 Å². The van der Waals surface area contributed by atoms with Crippen LogP contribution in [0.15, 0.2) is 71.1 Å². The van der Waals surface area contributed by atoms with Gasteiger partial charge in [-0.1, -0.05) is 30.3 Å². The molecule has 3 heterocycles. The summed E-state index contributed by atoms with van der Waals surface area (Å²) in [4.78, 5) is 42.4. The molecule has 0 spiro atoms. The molecular weight excluding hydrogens is 537 g/mol. The minimum Gasteiger partial charge on any atom is -0.379 e. The van der Waals surface area contributed by atoms with E-state index in [-0.39, 0.29) is 24.6 Å². The van der Waals surface area contributed by atoms with Gasteiger partial charge in [0.05, 0.1) is 34.8 Å². The summed E-state index contributed by atoms with van der Waals surface area (Å²) in [6.45, 7) is 3.46. The van der Waals surface area contributed by atoms with Crippen LogP contribution in [0.5, 0.6) is 0 Å². The second-order valence-electron chi connectivity index (χ2n) is 9.52. The van der Waals surface area contributed by atoms with Gasteiger partial charge in [-0.2, -0.15) is 5.10 Å². The zero-order chi connectivity index (χ0) is 28.1. The van der Waals surface area contributed by atoms with Crippen molar-refractivity contribution in [2.24, 2.45) is 5.10 Å². The monoisotopic (exact) mass is 565 g/mol. The molecule has 1 saturated heterocycles. The van der Waals surface area contributed by atoms with Crippen LogP contribution >= 0.6 is 11.3 Å². The predicted octanol–water partition coefficient (Wildman–Crippen LogP) is 3.95. The number of benzene rings is 2. The molecule has 5 rings (SSSR count). The van der Waals surface area contributed by atoms with E-state index in [9.17, 15) is 24.1 Å². The van der Waals surface area contributed by atoms with Crippen LogP contribution in [0, 0.1) is 15.9 Å². The lowest BCUT2D eigenvalue weighted by Gasteiger charge is -2.31.